The molecule has 0 radical (unpaired) electrons. The van der Waals surface area contributed by atoms with Crippen molar-refractivity contribution in [2.45, 2.75) is 33.6 Å². The van der Waals surface area contributed by atoms with Crippen molar-refractivity contribution in [1.82, 2.24) is 0 Å². The molecule has 0 nitrogen and oxygen atoms in total. The first-order valence-corrected chi connectivity index (χ1v) is 4.12. The molecule has 0 saturated carbocycles. The van der Waals surface area contributed by atoms with Crippen LogP contribution in [0.3, 0.4) is 0 Å². The van der Waals surface area contributed by atoms with Crippen molar-refractivity contribution < 1.29 is 0 Å². The fourth-order valence-electron chi connectivity index (χ4n) is 1.43. The van der Waals surface area contributed by atoms with Crippen LogP contribution < -0.4 is 0 Å². The van der Waals surface area contributed by atoms with Crippen molar-refractivity contribution >= 4 is 0 Å². The summed E-state index contributed by atoms with van der Waals surface area (Å²) in [4.78, 5) is 0. The number of rotatable bonds is 2. The van der Waals surface area contributed by atoms with E-state index in [9.17, 15) is 0 Å². The molecule has 0 bridgehead atoms. The van der Waals surface area contributed by atoms with Gasteiger partial charge in [0.1, 0.15) is 0 Å². The Labute approximate surface area is 63.6 Å². The van der Waals surface area contributed by atoms with Crippen molar-refractivity contribution in [2.24, 2.45) is 5.92 Å². The molecule has 0 saturated heterocycles. The van der Waals surface area contributed by atoms with Crippen molar-refractivity contribution in [3.8, 4) is 0 Å². The van der Waals surface area contributed by atoms with Gasteiger partial charge in [0.25, 0.3) is 0 Å². The van der Waals surface area contributed by atoms with Gasteiger partial charge in [-0.05, 0) is 31.3 Å². The van der Waals surface area contributed by atoms with Crippen LogP contribution in [0.2, 0.25) is 0 Å². The second-order valence-corrected chi connectivity index (χ2v) is 3.15. The first kappa shape index (κ1) is 7.59. The molecular weight excluding hydrogens is 120 g/mol. The molecule has 1 aliphatic rings. The lowest BCUT2D eigenvalue weighted by Crippen LogP contribution is -1.94. The third kappa shape index (κ3) is 1.31. The number of hydrogen-bond acceptors (Lipinski definition) is 0. The van der Waals surface area contributed by atoms with Crippen molar-refractivity contribution in [2.75, 3.05) is 0 Å². The molecule has 0 aliphatic heterocycles. The third-order valence-corrected chi connectivity index (χ3v) is 2.36. The summed E-state index contributed by atoms with van der Waals surface area (Å²) in [5.74, 6) is 0.763. The molecule has 56 valence electrons. The van der Waals surface area contributed by atoms with Crippen LogP contribution >= 0.6 is 0 Å². The zero-order valence-electron chi connectivity index (χ0n) is 7.15. The van der Waals surface area contributed by atoms with E-state index in [0.29, 0.717) is 0 Å². The predicted octanol–water partition coefficient (Wildman–Crippen LogP) is 3.31. The molecule has 0 amide bonds. The molecule has 0 N–H and O–H groups in total. The summed E-state index contributed by atoms with van der Waals surface area (Å²) in [6, 6.07) is 0. The molecule has 0 aromatic heterocycles. The lowest BCUT2D eigenvalue weighted by molar-refractivity contribution is 0.666. The van der Waals surface area contributed by atoms with E-state index in [4.69, 9.17) is 0 Å². The van der Waals surface area contributed by atoms with E-state index in [1.807, 2.05) is 0 Å². The maximum Gasteiger partial charge on any atom is -0.0132 e. The SMILES string of the molecule is CCC(C)C1=C(C)CC=C1. The summed E-state index contributed by atoms with van der Waals surface area (Å²) in [5.41, 5.74) is 3.14. The smallest absolute Gasteiger partial charge is 0.0132 e. The minimum absolute atomic E-state index is 0.763. The monoisotopic (exact) mass is 136 g/mol. The summed E-state index contributed by atoms with van der Waals surface area (Å²) in [7, 11) is 0. The van der Waals surface area contributed by atoms with Gasteiger partial charge in [-0.3, -0.25) is 0 Å². The van der Waals surface area contributed by atoms with Crippen molar-refractivity contribution in [1.29, 1.82) is 0 Å². The highest BCUT2D eigenvalue weighted by Crippen LogP contribution is 2.26. The lowest BCUT2D eigenvalue weighted by atomic mass is 9.97. The third-order valence-electron chi connectivity index (χ3n) is 2.36. The fourth-order valence-corrected chi connectivity index (χ4v) is 1.43. The maximum absolute atomic E-state index is 2.30. The minimum atomic E-state index is 0.763. The van der Waals surface area contributed by atoms with Gasteiger partial charge in [0.15, 0.2) is 0 Å². The molecule has 10 heavy (non-hydrogen) atoms. The van der Waals surface area contributed by atoms with Crippen molar-refractivity contribution in [3.05, 3.63) is 23.3 Å². The van der Waals surface area contributed by atoms with E-state index in [0.717, 1.165) is 5.92 Å². The first-order valence-electron chi connectivity index (χ1n) is 4.12. The largest absolute Gasteiger partial charge is 0.0802 e. The zero-order chi connectivity index (χ0) is 7.56. The highest BCUT2D eigenvalue weighted by Gasteiger charge is 2.09. The van der Waals surface area contributed by atoms with E-state index >= 15 is 0 Å². The maximum atomic E-state index is 2.30. The summed E-state index contributed by atoms with van der Waals surface area (Å²) >= 11 is 0. The second kappa shape index (κ2) is 3.05. The lowest BCUT2D eigenvalue weighted by Gasteiger charge is -2.09. The molecule has 1 rings (SSSR count). The summed E-state index contributed by atoms with van der Waals surface area (Å²) in [6.07, 6.45) is 6.98. The molecule has 0 heterocycles. The second-order valence-electron chi connectivity index (χ2n) is 3.15. The summed E-state index contributed by atoms with van der Waals surface area (Å²) in [5, 5.41) is 0. The predicted molar refractivity (Wildman–Crippen MR) is 45.9 cm³/mol. The molecular formula is C10H16. The number of allylic oxidation sites excluding steroid dienone is 4. The van der Waals surface area contributed by atoms with Crippen LogP contribution in [0.1, 0.15) is 33.6 Å². The van der Waals surface area contributed by atoms with Crippen LogP contribution in [0, 0.1) is 5.92 Å². The Hall–Kier alpha value is -0.520. The molecule has 0 aromatic carbocycles. The summed E-state index contributed by atoms with van der Waals surface area (Å²) < 4.78 is 0. The molecule has 0 spiro atoms. The van der Waals surface area contributed by atoms with Gasteiger partial charge < -0.3 is 0 Å². The Bertz CT molecular complexity index is 172. The van der Waals surface area contributed by atoms with E-state index < -0.39 is 0 Å². The van der Waals surface area contributed by atoms with Crippen LogP contribution in [0.4, 0.5) is 0 Å². The Morgan fingerprint density at radius 3 is 2.70 bits per heavy atom. The fraction of sp³-hybridized carbons (Fsp3) is 0.600. The normalized spacial score (nSPS) is 20.3. The molecule has 1 atom stereocenters. The van der Waals surface area contributed by atoms with E-state index in [1.54, 1.807) is 11.1 Å². The Balaban J connectivity index is 2.70. The Morgan fingerprint density at radius 1 is 1.60 bits per heavy atom. The van der Waals surface area contributed by atoms with Gasteiger partial charge in [0.05, 0.1) is 0 Å². The summed E-state index contributed by atoms with van der Waals surface area (Å²) in [6.45, 7) is 6.78. The van der Waals surface area contributed by atoms with E-state index in [-0.39, 0.29) is 0 Å². The van der Waals surface area contributed by atoms with Gasteiger partial charge >= 0.3 is 0 Å². The van der Waals surface area contributed by atoms with Gasteiger partial charge in [-0.1, -0.05) is 31.6 Å². The molecule has 0 fully saturated rings. The van der Waals surface area contributed by atoms with Crippen LogP contribution in [0.25, 0.3) is 0 Å². The molecule has 0 heteroatoms. The number of hydrogen-bond donors (Lipinski definition) is 0. The molecule has 0 aromatic rings. The van der Waals surface area contributed by atoms with Crippen LogP contribution in [-0.4, -0.2) is 0 Å². The quantitative estimate of drug-likeness (QED) is 0.546. The zero-order valence-corrected chi connectivity index (χ0v) is 7.15. The van der Waals surface area contributed by atoms with Crippen LogP contribution in [-0.2, 0) is 0 Å². The molecule has 1 aliphatic carbocycles. The van der Waals surface area contributed by atoms with E-state index in [1.165, 1.54) is 12.8 Å². The average Bonchev–Trinajstić information content (AvgIpc) is 2.34. The minimum Gasteiger partial charge on any atom is -0.0802 e. The standard InChI is InChI=1S/C10H16/c1-4-8(2)10-7-5-6-9(10)3/h5,7-8H,4,6H2,1-3H3. The Kier molecular flexibility index (Phi) is 2.31. The van der Waals surface area contributed by atoms with E-state index in [2.05, 4.69) is 32.9 Å². The van der Waals surface area contributed by atoms with Crippen molar-refractivity contribution in [3.63, 3.8) is 0 Å². The van der Waals surface area contributed by atoms with Crippen LogP contribution in [0.5, 0.6) is 0 Å². The first-order chi connectivity index (χ1) is 4.75. The van der Waals surface area contributed by atoms with Gasteiger partial charge in [0, 0.05) is 0 Å². The average molecular weight is 136 g/mol. The highest BCUT2D eigenvalue weighted by atomic mass is 14.1. The Morgan fingerprint density at radius 2 is 2.30 bits per heavy atom. The topological polar surface area (TPSA) is 0 Å². The van der Waals surface area contributed by atoms with Gasteiger partial charge in [0.2, 0.25) is 0 Å². The molecule has 1 unspecified atom stereocenters. The van der Waals surface area contributed by atoms with Gasteiger partial charge in [-0.2, -0.15) is 0 Å². The van der Waals surface area contributed by atoms with Crippen LogP contribution in [0.15, 0.2) is 23.3 Å². The van der Waals surface area contributed by atoms with Gasteiger partial charge in [-0.15, -0.1) is 0 Å². The highest BCUT2D eigenvalue weighted by molar-refractivity contribution is 5.33. The van der Waals surface area contributed by atoms with Gasteiger partial charge in [-0.25, -0.2) is 0 Å².